The second kappa shape index (κ2) is 11.3. The van der Waals surface area contributed by atoms with Gasteiger partial charge in [-0.2, -0.15) is 0 Å². The Morgan fingerprint density at radius 1 is 0.964 bits per heavy atom. The summed E-state index contributed by atoms with van der Waals surface area (Å²) in [5.74, 6) is 0.0752. The van der Waals surface area contributed by atoms with Crippen molar-refractivity contribution in [3.8, 4) is 11.4 Å². The van der Waals surface area contributed by atoms with E-state index >= 15 is 0 Å². The molecule has 5 nitrogen and oxygen atoms in total. The number of benzene rings is 1. The molecule has 1 aromatic carbocycles. The maximum Gasteiger partial charge on any atom is 0.338 e. The van der Waals surface area contributed by atoms with E-state index in [1.807, 2.05) is 19.3 Å². The number of nitrogens with zero attached hydrogens (tertiary/aromatic N) is 2. The number of carbonyl (C=O) groups is 2. The molecule has 0 saturated heterocycles. The highest BCUT2D eigenvalue weighted by molar-refractivity contribution is 5.93. The Morgan fingerprint density at radius 3 is 2.25 bits per heavy atom. The molecular weight excluding hydrogens is 352 g/mol. The van der Waals surface area contributed by atoms with Crippen LogP contribution in [-0.2, 0) is 16.0 Å². The van der Waals surface area contributed by atoms with E-state index in [2.05, 4.69) is 16.9 Å². The van der Waals surface area contributed by atoms with Crippen molar-refractivity contribution in [2.45, 2.75) is 71.8 Å². The number of aromatic nitrogens is 2. The zero-order chi connectivity index (χ0) is 20.4. The third kappa shape index (κ3) is 6.55. The van der Waals surface area contributed by atoms with Crippen molar-refractivity contribution in [1.82, 2.24) is 9.97 Å². The molecule has 0 bridgehead atoms. The van der Waals surface area contributed by atoms with Gasteiger partial charge in [0.2, 0.25) is 0 Å². The summed E-state index contributed by atoms with van der Waals surface area (Å²) in [5.41, 5.74) is 2.39. The van der Waals surface area contributed by atoms with Gasteiger partial charge in [-0.05, 0) is 43.9 Å². The number of aryl methyl sites for hydroxylation is 1. The average Bonchev–Trinajstić information content (AvgIpc) is 2.72. The lowest BCUT2D eigenvalue weighted by atomic mass is 10.1. The fourth-order valence-corrected chi connectivity index (χ4v) is 2.89. The standard InChI is InChI=1S/C23H30N2O3/c1-4-6-7-8-10-18-15-24-22(25-16-18)19-11-13-20(14-12-19)23(27)28-17(3)21(26)9-5-2/h11-17H,4-10H2,1-3H3. The Hall–Kier alpha value is -2.56. The van der Waals surface area contributed by atoms with Crippen LogP contribution in [-0.4, -0.2) is 27.8 Å². The molecule has 0 aliphatic rings. The molecule has 150 valence electrons. The van der Waals surface area contributed by atoms with Crippen LogP contribution in [0.4, 0.5) is 0 Å². The van der Waals surface area contributed by atoms with E-state index in [0.717, 1.165) is 30.4 Å². The van der Waals surface area contributed by atoms with Gasteiger partial charge in [0.25, 0.3) is 0 Å². The zero-order valence-corrected chi connectivity index (χ0v) is 17.1. The summed E-state index contributed by atoms with van der Waals surface area (Å²) >= 11 is 0. The molecule has 0 radical (unpaired) electrons. The predicted molar refractivity (Wildman–Crippen MR) is 110 cm³/mol. The first-order chi connectivity index (χ1) is 13.5. The molecule has 1 heterocycles. The van der Waals surface area contributed by atoms with Gasteiger partial charge in [0.05, 0.1) is 5.56 Å². The minimum absolute atomic E-state index is 0.0596. The second-order valence-corrected chi connectivity index (χ2v) is 7.07. The molecule has 0 saturated carbocycles. The van der Waals surface area contributed by atoms with Crippen LogP contribution in [0.25, 0.3) is 11.4 Å². The summed E-state index contributed by atoms with van der Waals surface area (Å²) in [6, 6.07) is 6.95. The Kier molecular flexibility index (Phi) is 8.79. The van der Waals surface area contributed by atoms with Gasteiger partial charge in [0.1, 0.15) is 0 Å². The van der Waals surface area contributed by atoms with Crippen LogP contribution < -0.4 is 0 Å². The number of hydrogen-bond donors (Lipinski definition) is 0. The number of ether oxygens (including phenoxy) is 1. The number of carbonyl (C=O) groups excluding carboxylic acids is 2. The Morgan fingerprint density at radius 2 is 1.64 bits per heavy atom. The highest BCUT2D eigenvalue weighted by Gasteiger charge is 2.18. The van der Waals surface area contributed by atoms with Crippen molar-refractivity contribution < 1.29 is 14.3 Å². The minimum atomic E-state index is -0.722. The van der Waals surface area contributed by atoms with Crippen molar-refractivity contribution in [2.75, 3.05) is 0 Å². The SMILES string of the molecule is CCCCCCc1cnc(-c2ccc(C(=O)OC(C)C(=O)CCC)cc2)nc1. The highest BCUT2D eigenvalue weighted by Crippen LogP contribution is 2.17. The third-order valence-electron chi connectivity index (χ3n) is 4.64. The fraction of sp³-hybridized carbons (Fsp3) is 0.478. The van der Waals surface area contributed by atoms with E-state index in [4.69, 9.17) is 4.74 Å². The van der Waals surface area contributed by atoms with Crippen molar-refractivity contribution >= 4 is 11.8 Å². The van der Waals surface area contributed by atoms with Crippen molar-refractivity contribution in [2.24, 2.45) is 0 Å². The average molecular weight is 383 g/mol. The number of unbranched alkanes of at least 4 members (excludes halogenated alkanes) is 3. The number of rotatable bonds is 11. The molecule has 1 unspecified atom stereocenters. The lowest BCUT2D eigenvalue weighted by Crippen LogP contribution is -2.24. The zero-order valence-electron chi connectivity index (χ0n) is 17.1. The molecule has 0 N–H and O–H groups in total. The van der Waals surface area contributed by atoms with Gasteiger partial charge >= 0.3 is 5.97 Å². The number of Topliss-reactive ketones (excluding diaryl/α,β-unsaturated/α-hetero) is 1. The van der Waals surface area contributed by atoms with Crippen molar-refractivity contribution in [3.05, 3.63) is 47.8 Å². The first-order valence-electron chi connectivity index (χ1n) is 10.2. The van der Waals surface area contributed by atoms with Crippen LogP contribution in [0, 0.1) is 0 Å². The quantitative estimate of drug-likeness (QED) is 0.395. The molecule has 0 amide bonds. The van der Waals surface area contributed by atoms with E-state index in [-0.39, 0.29) is 5.78 Å². The molecule has 2 aromatic rings. The van der Waals surface area contributed by atoms with E-state index in [0.29, 0.717) is 17.8 Å². The summed E-state index contributed by atoms with van der Waals surface area (Å²) < 4.78 is 5.25. The van der Waals surface area contributed by atoms with Crippen LogP contribution in [0.5, 0.6) is 0 Å². The van der Waals surface area contributed by atoms with Gasteiger partial charge in [0.15, 0.2) is 17.7 Å². The molecule has 0 aliphatic carbocycles. The van der Waals surface area contributed by atoms with E-state index in [1.165, 1.54) is 19.3 Å². The second-order valence-electron chi connectivity index (χ2n) is 7.07. The highest BCUT2D eigenvalue weighted by atomic mass is 16.5. The number of ketones is 1. The van der Waals surface area contributed by atoms with Gasteiger partial charge in [-0.1, -0.05) is 45.2 Å². The van der Waals surface area contributed by atoms with Gasteiger partial charge in [-0.3, -0.25) is 4.79 Å². The first-order valence-corrected chi connectivity index (χ1v) is 10.2. The topological polar surface area (TPSA) is 69.2 Å². The van der Waals surface area contributed by atoms with Gasteiger partial charge < -0.3 is 4.74 Å². The van der Waals surface area contributed by atoms with Gasteiger partial charge in [0, 0.05) is 24.4 Å². The molecule has 1 aromatic heterocycles. The summed E-state index contributed by atoms with van der Waals surface area (Å²) in [6.45, 7) is 5.74. The third-order valence-corrected chi connectivity index (χ3v) is 4.64. The Bertz CT molecular complexity index is 754. The van der Waals surface area contributed by atoms with Crippen molar-refractivity contribution in [3.63, 3.8) is 0 Å². The number of hydrogen-bond acceptors (Lipinski definition) is 5. The largest absolute Gasteiger partial charge is 0.451 e. The number of esters is 1. The fourth-order valence-electron chi connectivity index (χ4n) is 2.89. The van der Waals surface area contributed by atoms with Gasteiger partial charge in [-0.25, -0.2) is 14.8 Å². The molecule has 1 atom stereocenters. The Labute approximate surface area is 167 Å². The van der Waals surface area contributed by atoms with E-state index < -0.39 is 12.1 Å². The summed E-state index contributed by atoms with van der Waals surface area (Å²) in [4.78, 5) is 32.9. The Balaban J connectivity index is 1.94. The maximum atomic E-state index is 12.2. The lowest BCUT2D eigenvalue weighted by Gasteiger charge is -2.12. The monoisotopic (exact) mass is 382 g/mol. The minimum Gasteiger partial charge on any atom is -0.451 e. The smallest absolute Gasteiger partial charge is 0.338 e. The first kappa shape index (κ1) is 21.7. The molecule has 28 heavy (non-hydrogen) atoms. The van der Waals surface area contributed by atoms with E-state index in [9.17, 15) is 9.59 Å². The predicted octanol–water partition coefficient (Wildman–Crippen LogP) is 5.18. The van der Waals surface area contributed by atoms with Crippen molar-refractivity contribution in [1.29, 1.82) is 0 Å². The molecule has 2 rings (SSSR count). The molecule has 0 spiro atoms. The molecule has 0 fully saturated rings. The maximum absolute atomic E-state index is 12.2. The van der Waals surface area contributed by atoms with Crippen LogP contribution in [0.15, 0.2) is 36.7 Å². The lowest BCUT2D eigenvalue weighted by molar-refractivity contribution is -0.126. The van der Waals surface area contributed by atoms with E-state index in [1.54, 1.807) is 31.2 Å². The van der Waals surface area contributed by atoms with Crippen LogP contribution in [0.3, 0.4) is 0 Å². The molecule has 5 heteroatoms. The van der Waals surface area contributed by atoms with Crippen LogP contribution >= 0.6 is 0 Å². The molecule has 0 aliphatic heterocycles. The summed E-state index contributed by atoms with van der Waals surface area (Å²) in [6.07, 6.45) is 10.1. The summed E-state index contributed by atoms with van der Waals surface area (Å²) in [7, 11) is 0. The van der Waals surface area contributed by atoms with Crippen LogP contribution in [0.1, 0.15) is 75.2 Å². The van der Waals surface area contributed by atoms with Crippen LogP contribution in [0.2, 0.25) is 0 Å². The normalized spacial score (nSPS) is 11.8. The summed E-state index contributed by atoms with van der Waals surface area (Å²) in [5, 5.41) is 0. The molecular formula is C23H30N2O3. The van der Waals surface area contributed by atoms with Gasteiger partial charge in [-0.15, -0.1) is 0 Å².